The summed E-state index contributed by atoms with van der Waals surface area (Å²) >= 11 is 0. The first-order valence-electron chi connectivity index (χ1n) is 7.21. The van der Waals surface area contributed by atoms with Crippen molar-refractivity contribution < 1.29 is 9.53 Å². The molecule has 22 heavy (non-hydrogen) atoms. The molecule has 0 bridgehead atoms. The Labute approximate surface area is 127 Å². The summed E-state index contributed by atoms with van der Waals surface area (Å²) in [5.41, 5.74) is 3.23. The summed E-state index contributed by atoms with van der Waals surface area (Å²) in [6, 6.07) is 5.74. The van der Waals surface area contributed by atoms with Gasteiger partial charge in [0.05, 0.1) is 6.20 Å². The van der Waals surface area contributed by atoms with Gasteiger partial charge in [-0.3, -0.25) is 4.79 Å². The predicted molar refractivity (Wildman–Crippen MR) is 82.4 cm³/mol. The summed E-state index contributed by atoms with van der Waals surface area (Å²) in [6.45, 7) is 2.04. The molecule has 6 heteroatoms. The van der Waals surface area contributed by atoms with Gasteiger partial charge in [-0.05, 0) is 30.7 Å². The first-order chi connectivity index (χ1) is 10.6. The normalized spacial score (nSPS) is 16.5. The van der Waals surface area contributed by atoms with Crippen molar-refractivity contribution in [2.75, 3.05) is 5.32 Å². The van der Waals surface area contributed by atoms with E-state index in [0.29, 0.717) is 5.56 Å². The number of aromatic nitrogens is 3. The smallest absolute Gasteiger partial charge is 0.261 e. The summed E-state index contributed by atoms with van der Waals surface area (Å²) in [4.78, 5) is 12.5. The highest BCUT2D eigenvalue weighted by Gasteiger charge is 2.20. The first-order valence-corrected chi connectivity index (χ1v) is 7.21. The summed E-state index contributed by atoms with van der Waals surface area (Å²) < 4.78 is 9.24. The zero-order valence-corrected chi connectivity index (χ0v) is 12.4. The highest BCUT2D eigenvalue weighted by molar-refractivity contribution is 6.08. The highest BCUT2D eigenvalue weighted by Crippen LogP contribution is 2.31. The van der Waals surface area contributed by atoms with Crippen molar-refractivity contribution >= 4 is 17.2 Å². The Morgan fingerprint density at radius 2 is 2.27 bits per heavy atom. The number of anilines is 1. The number of hydrogen-bond donors (Lipinski definition) is 1. The Balaban J connectivity index is 1.62. The molecular formula is C16H16N4O2. The van der Waals surface area contributed by atoms with Crippen LogP contribution in [0.1, 0.15) is 22.8 Å². The average Bonchev–Trinajstić information content (AvgIpc) is 3.14. The van der Waals surface area contributed by atoms with Crippen molar-refractivity contribution in [3.63, 3.8) is 0 Å². The molecule has 1 unspecified atom stereocenters. The molecule has 1 aromatic carbocycles. The third-order valence-electron chi connectivity index (χ3n) is 3.93. The molecule has 0 spiro atoms. The molecule has 0 fully saturated rings. The SMILES string of the molecule is CC1Cc2cc(NC(=O)c3cnn4ccn(C)c34)ccc2O1. The number of benzene rings is 1. The fourth-order valence-electron chi connectivity index (χ4n) is 2.91. The van der Waals surface area contributed by atoms with Gasteiger partial charge in [0.15, 0.2) is 0 Å². The lowest BCUT2D eigenvalue weighted by Crippen LogP contribution is -2.12. The third-order valence-corrected chi connectivity index (χ3v) is 3.93. The van der Waals surface area contributed by atoms with Crippen molar-refractivity contribution in [1.82, 2.24) is 14.2 Å². The minimum absolute atomic E-state index is 0.163. The summed E-state index contributed by atoms with van der Waals surface area (Å²) in [6.07, 6.45) is 6.34. The fraction of sp³-hybridized carbons (Fsp3) is 0.250. The topological polar surface area (TPSA) is 60.6 Å². The van der Waals surface area contributed by atoms with Crippen molar-refractivity contribution in [3.8, 4) is 5.75 Å². The van der Waals surface area contributed by atoms with Crippen LogP contribution in [-0.4, -0.2) is 26.2 Å². The second kappa shape index (κ2) is 4.62. The molecule has 1 aliphatic rings. The Morgan fingerprint density at radius 3 is 3.14 bits per heavy atom. The van der Waals surface area contributed by atoms with Crippen molar-refractivity contribution in [2.24, 2.45) is 7.05 Å². The Hall–Kier alpha value is -2.76. The van der Waals surface area contributed by atoms with Crippen LogP contribution in [0, 0.1) is 0 Å². The second-order valence-corrected chi connectivity index (χ2v) is 5.64. The largest absolute Gasteiger partial charge is 0.490 e. The van der Waals surface area contributed by atoms with E-state index in [0.717, 1.165) is 29.1 Å². The third kappa shape index (κ3) is 1.95. The van der Waals surface area contributed by atoms with Crippen LogP contribution in [0.25, 0.3) is 5.65 Å². The molecule has 3 heterocycles. The molecule has 1 atom stereocenters. The number of hydrogen-bond acceptors (Lipinski definition) is 3. The monoisotopic (exact) mass is 296 g/mol. The highest BCUT2D eigenvalue weighted by atomic mass is 16.5. The molecule has 1 N–H and O–H groups in total. The quantitative estimate of drug-likeness (QED) is 0.789. The van der Waals surface area contributed by atoms with Gasteiger partial charge in [-0.1, -0.05) is 0 Å². The van der Waals surface area contributed by atoms with Crippen LogP contribution in [-0.2, 0) is 13.5 Å². The summed E-state index contributed by atoms with van der Waals surface area (Å²) in [5.74, 6) is 0.740. The van der Waals surface area contributed by atoms with Gasteiger partial charge >= 0.3 is 0 Å². The lowest BCUT2D eigenvalue weighted by molar-refractivity contribution is 0.102. The molecule has 112 valence electrons. The van der Waals surface area contributed by atoms with Gasteiger partial charge in [-0.2, -0.15) is 5.10 Å². The maximum absolute atomic E-state index is 12.5. The van der Waals surface area contributed by atoms with Crippen molar-refractivity contribution in [2.45, 2.75) is 19.4 Å². The molecule has 1 amide bonds. The predicted octanol–water partition coefficient (Wildman–Crippen LogP) is 2.25. The van der Waals surface area contributed by atoms with Crippen LogP contribution < -0.4 is 10.1 Å². The lowest BCUT2D eigenvalue weighted by Gasteiger charge is -2.06. The fourth-order valence-corrected chi connectivity index (χ4v) is 2.91. The van der Waals surface area contributed by atoms with E-state index in [1.807, 2.05) is 49.1 Å². The van der Waals surface area contributed by atoms with Crippen molar-refractivity contribution in [1.29, 1.82) is 0 Å². The summed E-state index contributed by atoms with van der Waals surface area (Å²) in [7, 11) is 1.89. The van der Waals surface area contributed by atoms with Gasteiger partial charge in [0.25, 0.3) is 5.91 Å². The number of carbonyl (C=O) groups is 1. The standard InChI is InChI=1S/C16H16N4O2/c1-10-7-11-8-12(3-4-14(11)22-10)18-15(21)13-9-17-20-6-5-19(2)16(13)20/h3-6,8-10H,7H2,1-2H3,(H,18,21). The van der Waals surface area contributed by atoms with Gasteiger partial charge < -0.3 is 14.6 Å². The second-order valence-electron chi connectivity index (χ2n) is 5.64. The lowest BCUT2D eigenvalue weighted by atomic mass is 10.1. The number of nitrogens with one attached hydrogen (secondary N) is 1. The number of ether oxygens (including phenoxy) is 1. The Kier molecular flexibility index (Phi) is 2.72. The van der Waals surface area contributed by atoms with E-state index in [2.05, 4.69) is 10.4 Å². The molecule has 2 aromatic heterocycles. The van der Waals surface area contributed by atoms with E-state index in [-0.39, 0.29) is 12.0 Å². The van der Waals surface area contributed by atoms with Crippen LogP contribution in [0.4, 0.5) is 5.69 Å². The number of fused-ring (bicyclic) bond motifs is 2. The van der Waals surface area contributed by atoms with E-state index in [1.54, 1.807) is 10.7 Å². The van der Waals surface area contributed by atoms with Crippen LogP contribution in [0.5, 0.6) is 5.75 Å². The van der Waals surface area contributed by atoms with Crippen LogP contribution in [0.2, 0.25) is 0 Å². The Morgan fingerprint density at radius 1 is 1.41 bits per heavy atom. The Bertz CT molecular complexity index is 878. The van der Waals surface area contributed by atoms with Gasteiger partial charge in [-0.25, -0.2) is 4.52 Å². The van der Waals surface area contributed by atoms with Gasteiger partial charge in [-0.15, -0.1) is 0 Å². The van der Waals surface area contributed by atoms with E-state index < -0.39 is 0 Å². The van der Waals surface area contributed by atoms with Gasteiger partial charge in [0.1, 0.15) is 23.1 Å². The number of carbonyl (C=O) groups excluding carboxylic acids is 1. The maximum atomic E-state index is 12.5. The average molecular weight is 296 g/mol. The van der Waals surface area contributed by atoms with E-state index in [4.69, 9.17) is 4.74 Å². The van der Waals surface area contributed by atoms with E-state index in [1.165, 1.54) is 0 Å². The number of amides is 1. The number of imidazole rings is 1. The first kappa shape index (κ1) is 12.9. The molecule has 4 rings (SSSR count). The number of aryl methyl sites for hydroxylation is 1. The summed E-state index contributed by atoms with van der Waals surface area (Å²) in [5, 5.41) is 7.12. The van der Waals surface area contributed by atoms with Gasteiger partial charge in [0, 0.05) is 31.5 Å². The van der Waals surface area contributed by atoms with Gasteiger partial charge in [0.2, 0.25) is 0 Å². The van der Waals surface area contributed by atoms with E-state index in [9.17, 15) is 4.79 Å². The van der Waals surface area contributed by atoms with Crippen LogP contribution in [0.3, 0.4) is 0 Å². The molecule has 0 saturated carbocycles. The van der Waals surface area contributed by atoms with E-state index >= 15 is 0 Å². The molecule has 0 saturated heterocycles. The molecule has 3 aromatic rings. The van der Waals surface area contributed by atoms with Crippen LogP contribution in [0.15, 0.2) is 36.8 Å². The number of nitrogens with zero attached hydrogens (tertiary/aromatic N) is 3. The minimum atomic E-state index is -0.163. The molecular weight excluding hydrogens is 280 g/mol. The molecule has 0 aliphatic carbocycles. The zero-order valence-electron chi connectivity index (χ0n) is 12.4. The molecule has 6 nitrogen and oxygen atoms in total. The van der Waals surface area contributed by atoms with Crippen molar-refractivity contribution in [3.05, 3.63) is 47.9 Å². The minimum Gasteiger partial charge on any atom is -0.490 e. The zero-order chi connectivity index (χ0) is 15.3. The van der Waals surface area contributed by atoms with Crippen LogP contribution >= 0.6 is 0 Å². The molecule has 0 radical (unpaired) electrons. The molecule has 1 aliphatic heterocycles. The number of rotatable bonds is 2. The maximum Gasteiger partial charge on any atom is 0.261 e.